The number of rotatable bonds is 7. The van der Waals surface area contributed by atoms with Gasteiger partial charge in [-0.25, -0.2) is 0 Å². The summed E-state index contributed by atoms with van der Waals surface area (Å²) in [6, 6.07) is 13.5. The van der Waals surface area contributed by atoms with E-state index in [1.165, 1.54) is 5.69 Å². The molecule has 4 aliphatic heterocycles. The minimum absolute atomic E-state index is 0.160. The third-order valence-electron chi connectivity index (χ3n) is 7.74. The Morgan fingerprint density at radius 2 is 1.81 bits per heavy atom. The fourth-order valence-corrected chi connectivity index (χ4v) is 6.24. The summed E-state index contributed by atoms with van der Waals surface area (Å²) in [5.41, 5.74) is 3.23. The number of hydrogen-bond acceptors (Lipinski definition) is 6. The first-order valence-electron chi connectivity index (χ1n) is 12.5. The van der Waals surface area contributed by atoms with Crippen LogP contribution in [0, 0.1) is 5.41 Å². The molecule has 8 nitrogen and oxygen atoms in total. The van der Waals surface area contributed by atoms with E-state index in [9.17, 15) is 14.4 Å². The van der Waals surface area contributed by atoms with Gasteiger partial charge in [0, 0.05) is 66.8 Å². The number of hydrogen-bond donors (Lipinski definition) is 1. The molecule has 1 spiro atoms. The fraction of sp³-hybridized carbons (Fsp3) is 0.444. The topological polar surface area (TPSA) is 82.2 Å². The van der Waals surface area contributed by atoms with Crippen LogP contribution in [0.25, 0.3) is 0 Å². The largest absolute Gasteiger partial charge is 0.494 e. The van der Waals surface area contributed by atoms with Crippen molar-refractivity contribution in [1.29, 1.82) is 0 Å². The Hall–Kier alpha value is -2.91. The quantitative estimate of drug-likeness (QED) is 0.420. The Kier molecular flexibility index (Phi) is 6.00. The number of halogens is 1. The van der Waals surface area contributed by atoms with Crippen LogP contribution in [0.1, 0.15) is 35.2 Å². The van der Waals surface area contributed by atoms with Gasteiger partial charge in [-0.05, 0) is 60.9 Å². The highest BCUT2D eigenvalue weighted by Crippen LogP contribution is 2.42. The van der Waals surface area contributed by atoms with E-state index in [0.717, 1.165) is 54.9 Å². The van der Waals surface area contributed by atoms with Crippen molar-refractivity contribution in [2.75, 3.05) is 44.2 Å². The van der Waals surface area contributed by atoms with Gasteiger partial charge < -0.3 is 19.4 Å². The number of carbonyl (C=O) groups is 3. The van der Waals surface area contributed by atoms with Gasteiger partial charge in [0.05, 0.1) is 6.61 Å². The third-order valence-corrected chi connectivity index (χ3v) is 8.27. The number of anilines is 1. The van der Waals surface area contributed by atoms with Gasteiger partial charge in [-0.15, -0.1) is 0 Å². The van der Waals surface area contributed by atoms with Crippen LogP contribution in [0.5, 0.6) is 5.75 Å². The van der Waals surface area contributed by atoms with Crippen molar-refractivity contribution in [2.45, 2.75) is 31.8 Å². The fourth-order valence-electron chi connectivity index (χ4n) is 5.98. The van der Waals surface area contributed by atoms with Gasteiger partial charge in [0.1, 0.15) is 11.8 Å². The number of piperidine rings is 1. The highest BCUT2D eigenvalue weighted by Gasteiger charge is 2.51. The highest BCUT2D eigenvalue weighted by molar-refractivity contribution is 9.10. The number of imide groups is 1. The molecule has 9 heteroatoms. The molecule has 3 fully saturated rings. The van der Waals surface area contributed by atoms with Gasteiger partial charge in [-0.2, -0.15) is 0 Å². The summed E-state index contributed by atoms with van der Waals surface area (Å²) in [5.74, 6) is -0.0808. The predicted molar refractivity (Wildman–Crippen MR) is 138 cm³/mol. The van der Waals surface area contributed by atoms with Crippen LogP contribution in [0.15, 0.2) is 46.9 Å². The summed E-state index contributed by atoms with van der Waals surface area (Å²) in [4.78, 5) is 43.0. The molecule has 1 atom stereocenters. The average molecular weight is 553 g/mol. The Morgan fingerprint density at radius 1 is 1.03 bits per heavy atom. The summed E-state index contributed by atoms with van der Waals surface area (Å²) < 4.78 is 7.10. The Morgan fingerprint density at radius 3 is 2.56 bits per heavy atom. The van der Waals surface area contributed by atoms with Crippen LogP contribution in [0.3, 0.4) is 0 Å². The van der Waals surface area contributed by atoms with Crippen molar-refractivity contribution >= 4 is 39.3 Å². The van der Waals surface area contributed by atoms with Gasteiger partial charge in [-0.1, -0.05) is 15.9 Å². The standard InChI is InChI=1S/C27H29BrN4O4/c28-19-2-4-20(5-3-19)31-16-27(17-31)14-30(15-27)10-1-11-36-21-6-7-22-18(12-21)13-32(26(22)35)23-8-9-24(33)29-25(23)34/h2-7,12,23H,1,8-11,13-17H2,(H,29,33,34). The average Bonchev–Trinajstić information content (AvgIpc) is 3.13. The lowest BCUT2D eigenvalue weighted by Crippen LogP contribution is -2.72. The molecule has 36 heavy (non-hydrogen) atoms. The summed E-state index contributed by atoms with van der Waals surface area (Å²) in [6.07, 6.45) is 1.57. The van der Waals surface area contributed by atoms with E-state index in [2.05, 4.69) is 55.3 Å². The monoisotopic (exact) mass is 552 g/mol. The number of amides is 3. The van der Waals surface area contributed by atoms with Crippen molar-refractivity contribution in [1.82, 2.24) is 15.1 Å². The molecule has 3 saturated heterocycles. The summed E-state index contributed by atoms with van der Waals surface area (Å²) in [6.45, 7) is 6.57. The maximum atomic E-state index is 12.8. The van der Waals surface area contributed by atoms with Crippen LogP contribution in [-0.4, -0.2) is 72.9 Å². The molecule has 2 aromatic rings. The Bertz CT molecular complexity index is 1200. The molecule has 2 aromatic carbocycles. The Labute approximate surface area is 218 Å². The Balaban J connectivity index is 0.934. The van der Waals surface area contributed by atoms with Crippen LogP contribution in [0.2, 0.25) is 0 Å². The lowest BCUT2D eigenvalue weighted by molar-refractivity contribution is -0.136. The molecule has 6 rings (SSSR count). The summed E-state index contributed by atoms with van der Waals surface area (Å²) in [5, 5.41) is 2.34. The van der Waals surface area contributed by atoms with Crippen molar-refractivity contribution in [3.05, 3.63) is 58.1 Å². The normalized spacial score (nSPS) is 22.8. The molecule has 1 unspecified atom stereocenters. The first-order valence-corrected chi connectivity index (χ1v) is 13.3. The summed E-state index contributed by atoms with van der Waals surface area (Å²) in [7, 11) is 0. The van der Waals surface area contributed by atoms with Gasteiger partial charge >= 0.3 is 0 Å². The van der Waals surface area contributed by atoms with E-state index in [1.807, 2.05) is 12.1 Å². The predicted octanol–water partition coefficient (Wildman–Crippen LogP) is 2.80. The SMILES string of the molecule is O=C1CCC(N2Cc3cc(OCCCN4CC5(C4)CN(c4ccc(Br)cc4)C5)ccc3C2=O)C(=O)N1. The molecule has 0 aliphatic carbocycles. The zero-order valence-corrected chi connectivity index (χ0v) is 21.6. The van der Waals surface area contributed by atoms with Gasteiger partial charge in [-0.3, -0.25) is 19.7 Å². The first kappa shape index (κ1) is 23.5. The molecule has 0 bridgehead atoms. The smallest absolute Gasteiger partial charge is 0.255 e. The van der Waals surface area contributed by atoms with E-state index in [-0.39, 0.29) is 24.1 Å². The molecule has 0 aromatic heterocycles. The molecular weight excluding hydrogens is 524 g/mol. The summed E-state index contributed by atoms with van der Waals surface area (Å²) >= 11 is 3.50. The second-order valence-corrected chi connectivity index (χ2v) is 11.4. The van der Waals surface area contributed by atoms with Crippen molar-refractivity contribution in [2.24, 2.45) is 5.41 Å². The number of carbonyl (C=O) groups excluding carboxylic acids is 3. The molecule has 4 aliphatic rings. The minimum atomic E-state index is -0.593. The van der Waals surface area contributed by atoms with Gasteiger partial charge in [0.2, 0.25) is 11.8 Å². The van der Waals surface area contributed by atoms with Crippen molar-refractivity contribution in [3.8, 4) is 5.75 Å². The van der Waals surface area contributed by atoms with Crippen molar-refractivity contribution in [3.63, 3.8) is 0 Å². The van der Waals surface area contributed by atoms with E-state index < -0.39 is 6.04 Å². The molecule has 1 N–H and O–H groups in total. The van der Waals surface area contributed by atoms with Crippen LogP contribution in [0.4, 0.5) is 5.69 Å². The van der Waals surface area contributed by atoms with Crippen molar-refractivity contribution < 1.29 is 19.1 Å². The number of nitrogens with zero attached hydrogens (tertiary/aromatic N) is 3. The lowest BCUT2D eigenvalue weighted by atomic mass is 9.72. The molecule has 0 saturated carbocycles. The maximum absolute atomic E-state index is 12.8. The number of nitrogens with one attached hydrogen (secondary N) is 1. The van der Waals surface area contributed by atoms with E-state index in [0.29, 0.717) is 30.6 Å². The zero-order chi connectivity index (χ0) is 24.9. The van der Waals surface area contributed by atoms with Crippen LogP contribution >= 0.6 is 15.9 Å². The second kappa shape index (κ2) is 9.19. The highest BCUT2D eigenvalue weighted by atomic mass is 79.9. The number of likely N-dealkylation sites (tertiary alicyclic amines) is 1. The molecule has 4 heterocycles. The second-order valence-electron chi connectivity index (χ2n) is 10.5. The maximum Gasteiger partial charge on any atom is 0.255 e. The lowest BCUT2D eigenvalue weighted by Gasteiger charge is -2.61. The molecular formula is C27H29BrN4O4. The number of fused-ring (bicyclic) bond motifs is 1. The van der Waals surface area contributed by atoms with E-state index in [1.54, 1.807) is 11.0 Å². The molecule has 188 valence electrons. The van der Waals surface area contributed by atoms with E-state index in [4.69, 9.17) is 4.74 Å². The van der Waals surface area contributed by atoms with Gasteiger partial charge in [0.25, 0.3) is 5.91 Å². The number of ether oxygens (including phenoxy) is 1. The minimum Gasteiger partial charge on any atom is -0.494 e. The number of benzene rings is 2. The van der Waals surface area contributed by atoms with Gasteiger partial charge in [0.15, 0.2) is 0 Å². The van der Waals surface area contributed by atoms with E-state index >= 15 is 0 Å². The van der Waals surface area contributed by atoms with Crippen LogP contribution < -0.4 is 15.0 Å². The molecule has 0 radical (unpaired) electrons. The molecule has 3 amide bonds. The third kappa shape index (κ3) is 4.39. The van der Waals surface area contributed by atoms with Crippen LogP contribution in [-0.2, 0) is 16.1 Å². The first-order chi connectivity index (χ1) is 17.4. The zero-order valence-electron chi connectivity index (χ0n) is 20.0.